The van der Waals surface area contributed by atoms with Crippen molar-refractivity contribution >= 4 is 0 Å². The summed E-state index contributed by atoms with van der Waals surface area (Å²) in [6.07, 6.45) is 5.24. The minimum atomic E-state index is 0.358. The van der Waals surface area contributed by atoms with Crippen LogP contribution in [0.1, 0.15) is 37.2 Å². The second kappa shape index (κ2) is 6.59. The predicted molar refractivity (Wildman–Crippen MR) is 82.4 cm³/mol. The summed E-state index contributed by atoms with van der Waals surface area (Å²) in [6.45, 7) is 4.52. The molecule has 3 heteroatoms. The molecule has 20 heavy (non-hydrogen) atoms. The van der Waals surface area contributed by atoms with Gasteiger partial charge < -0.3 is 15.0 Å². The van der Waals surface area contributed by atoms with Crippen LogP contribution < -0.4 is 10.1 Å². The molecule has 2 aliphatic heterocycles. The molecule has 3 nitrogen and oxygen atoms in total. The second-order valence-electron chi connectivity index (χ2n) is 6.21. The third-order valence-electron chi connectivity index (χ3n) is 4.57. The Bertz CT molecular complexity index is 429. The van der Waals surface area contributed by atoms with E-state index in [1.165, 1.54) is 37.8 Å². The standard InChI is InChI=1S/C17H26N2O/c1-19-12-4-5-15(13-19)20-17-7-3-2-6-16(17)14-8-10-18-11-9-14/h2-3,6-7,14-15,18H,4-5,8-13H2,1H3/t15-/m0/s1. The van der Waals surface area contributed by atoms with E-state index in [-0.39, 0.29) is 0 Å². The highest BCUT2D eigenvalue weighted by Gasteiger charge is 2.22. The van der Waals surface area contributed by atoms with Gasteiger partial charge in [-0.05, 0) is 69.9 Å². The van der Waals surface area contributed by atoms with Gasteiger partial charge in [0.15, 0.2) is 0 Å². The maximum atomic E-state index is 6.35. The molecule has 2 saturated heterocycles. The Balaban J connectivity index is 1.71. The molecule has 1 aromatic rings. The number of benzene rings is 1. The van der Waals surface area contributed by atoms with Gasteiger partial charge in [0, 0.05) is 6.54 Å². The fourth-order valence-electron chi connectivity index (χ4n) is 3.45. The van der Waals surface area contributed by atoms with Crippen molar-refractivity contribution in [3.63, 3.8) is 0 Å². The zero-order valence-electron chi connectivity index (χ0n) is 12.5. The maximum absolute atomic E-state index is 6.35. The molecule has 0 aromatic heterocycles. The van der Waals surface area contributed by atoms with Crippen LogP contribution >= 0.6 is 0 Å². The summed E-state index contributed by atoms with van der Waals surface area (Å²) in [4.78, 5) is 2.38. The van der Waals surface area contributed by atoms with Crippen LogP contribution in [0.4, 0.5) is 0 Å². The Morgan fingerprint density at radius 2 is 1.95 bits per heavy atom. The van der Waals surface area contributed by atoms with E-state index in [0.717, 1.165) is 25.4 Å². The molecule has 2 aliphatic rings. The van der Waals surface area contributed by atoms with Crippen LogP contribution in [0.5, 0.6) is 5.75 Å². The van der Waals surface area contributed by atoms with Crippen LogP contribution in [0, 0.1) is 0 Å². The lowest BCUT2D eigenvalue weighted by molar-refractivity contribution is 0.103. The lowest BCUT2D eigenvalue weighted by atomic mass is 9.89. The molecule has 2 heterocycles. The molecule has 0 radical (unpaired) electrons. The van der Waals surface area contributed by atoms with Crippen LogP contribution in [0.3, 0.4) is 0 Å². The van der Waals surface area contributed by atoms with E-state index >= 15 is 0 Å². The molecule has 1 atom stereocenters. The van der Waals surface area contributed by atoms with Crippen LogP contribution in [0.2, 0.25) is 0 Å². The monoisotopic (exact) mass is 274 g/mol. The Kier molecular flexibility index (Phi) is 4.58. The number of para-hydroxylation sites is 1. The van der Waals surface area contributed by atoms with Crippen molar-refractivity contribution in [3.8, 4) is 5.75 Å². The van der Waals surface area contributed by atoms with E-state index in [4.69, 9.17) is 4.74 Å². The van der Waals surface area contributed by atoms with E-state index in [0.29, 0.717) is 12.0 Å². The summed E-state index contributed by atoms with van der Waals surface area (Å²) in [5, 5.41) is 3.44. The first-order valence-corrected chi connectivity index (χ1v) is 7.98. The van der Waals surface area contributed by atoms with Gasteiger partial charge in [0.1, 0.15) is 11.9 Å². The SMILES string of the molecule is CN1CCC[C@H](Oc2ccccc2C2CCNCC2)C1. The summed E-state index contributed by atoms with van der Waals surface area (Å²) >= 11 is 0. The van der Waals surface area contributed by atoms with Crippen molar-refractivity contribution in [2.24, 2.45) is 0 Å². The average Bonchev–Trinajstić information content (AvgIpc) is 2.49. The Labute approximate surface area is 122 Å². The summed E-state index contributed by atoms with van der Waals surface area (Å²) in [6, 6.07) is 8.67. The first-order chi connectivity index (χ1) is 9.83. The van der Waals surface area contributed by atoms with Gasteiger partial charge in [-0.2, -0.15) is 0 Å². The largest absolute Gasteiger partial charge is 0.489 e. The van der Waals surface area contributed by atoms with Crippen LogP contribution in [-0.2, 0) is 0 Å². The fourth-order valence-corrected chi connectivity index (χ4v) is 3.45. The van der Waals surface area contributed by atoms with Gasteiger partial charge in [0.05, 0.1) is 0 Å². The van der Waals surface area contributed by atoms with Gasteiger partial charge in [0.2, 0.25) is 0 Å². The number of likely N-dealkylation sites (N-methyl/N-ethyl adjacent to an activating group) is 1. The lowest BCUT2D eigenvalue weighted by Gasteiger charge is -2.32. The van der Waals surface area contributed by atoms with E-state index in [9.17, 15) is 0 Å². The summed E-state index contributed by atoms with van der Waals surface area (Å²) in [5.41, 5.74) is 1.42. The first-order valence-electron chi connectivity index (χ1n) is 7.98. The molecule has 0 spiro atoms. The summed E-state index contributed by atoms with van der Waals surface area (Å²) in [7, 11) is 2.19. The first kappa shape index (κ1) is 13.9. The maximum Gasteiger partial charge on any atom is 0.123 e. The fraction of sp³-hybridized carbons (Fsp3) is 0.647. The molecule has 3 rings (SSSR count). The van der Waals surface area contributed by atoms with Crippen molar-refractivity contribution in [1.29, 1.82) is 0 Å². The number of ether oxygens (including phenoxy) is 1. The topological polar surface area (TPSA) is 24.5 Å². The van der Waals surface area contributed by atoms with E-state index < -0.39 is 0 Å². The quantitative estimate of drug-likeness (QED) is 0.917. The number of piperidine rings is 2. The number of hydrogen-bond acceptors (Lipinski definition) is 3. The molecule has 2 fully saturated rings. The molecule has 110 valence electrons. The lowest BCUT2D eigenvalue weighted by Crippen LogP contribution is -2.38. The van der Waals surface area contributed by atoms with Crippen LogP contribution in [-0.4, -0.2) is 44.2 Å². The molecule has 0 aliphatic carbocycles. The average molecular weight is 274 g/mol. The molecule has 0 amide bonds. The molecule has 0 unspecified atom stereocenters. The minimum absolute atomic E-state index is 0.358. The summed E-state index contributed by atoms with van der Waals surface area (Å²) in [5.74, 6) is 1.79. The van der Waals surface area contributed by atoms with E-state index in [1.807, 2.05) is 0 Å². The van der Waals surface area contributed by atoms with Gasteiger partial charge >= 0.3 is 0 Å². The molecule has 0 saturated carbocycles. The van der Waals surface area contributed by atoms with Gasteiger partial charge in [-0.15, -0.1) is 0 Å². The van der Waals surface area contributed by atoms with E-state index in [1.54, 1.807) is 0 Å². The number of nitrogens with one attached hydrogen (secondary N) is 1. The molecular weight excluding hydrogens is 248 g/mol. The Morgan fingerprint density at radius 1 is 1.15 bits per heavy atom. The third-order valence-corrected chi connectivity index (χ3v) is 4.57. The Morgan fingerprint density at radius 3 is 2.75 bits per heavy atom. The van der Waals surface area contributed by atoms with Crippen molar-refractivity contribution in [2.75, 3.05) is 33.2 Å². The van der Waals surface area contributed by atoms with Gasteiger partial charge in [-0.1, -0.05) is 18.2 Å². The second-order valence-corrected chi connectivity index (χ2v) is 6.21. The molecular formula is C17H26N2O. The van der Waals surface area contributed by atoms with Crippen molar-refractivity contribution in [1.82, 2.24) is 10.2 Å². The number of hydrogen-bond donors (Lipinski definition) is 1. The number of rotatable bonds is 3. The van der Waals surface area contributed by atoms with Gasteiger partial charge in [-0.3, -0.25) is 0 Å². The van der Waals surface area contributed by atoms with Crippen molar-refractivity contribution < 1.29 is 4.74 Å². The predicted octanol–water partition coefficient (Wildman–Crippen LogP) is 2.63. The van der Waals surface area contributed by atoms with E-state index in [2.05, 4.69) is 41.5 Å². The smallest absolute Gasteiger partial charge is 0.123 e. The molecule has 0 bridgehead atoms. The van der Waals surface area contributed by atoms with Crippen molar-refractivity contribution in [2.45, 2.75) is 37.7 Å². The molecule has 1 N–H and O–H groups in total. The van der Waals surface area contributed by atoms with Gasteiger partial charge in [0.25, 0.3) is 0 Å². The zero-order valence-corrected chi connectivity index (χ0v) is 12.5. The third kappa shape index (κ3) is 3.33. The molecule has 1 aromatic carbocycles. The minimum Gasteiger partial charge on any atom is -0.489 e. The summed E-state index contributed by atoms with van der Waals surface area (Å²) < 4.78 is 6.35. The highest BCUT2D eigenvalue weighted by Crippen LogP contribution is 2.33. The van der Waals surface area contributed by atoms with Gasteiger partial charge in [-0.25, -0.2) is 0 Å². The van der Waals surface area contributed by atoms with Crippen molar-refractivity contribution in [3.05, 3.63) is 29.8 Å². The normalized spacial score (nSPS) is 25.6. The number of likely N-dealkylation sites (tertiary alicyclic amines) is 1. The highest BCUT2D eigenvalue weighted by atomic mass is 16.5. The van der Waals surface area contributed by atoms with Crippen LogP contribution in [0.25, 0.3) is 0 Å². The highest BCUT2D eigenvalue weighted by molar-refractivity contribution is 5.36. The Hall–Kier alpha value is -1.06. The number of nitrogens with zero attached hydrogens (tertiary/aromatic N) is 1. The van der Waals surface area contributed by atoms with Crippen LogP contribution in [0.15, 0.2) is 24.3 Å². The zero-order chi connectivity index (χ0) is 13.8.